The molecule has 1 heterocycles. The number of aryl methyl sites for hydroxylation is 1. The number of carbonyl (C=O) groups is 1. The first-order chi connectivity index (χ1) is 8.22. The van der Waals surface area contributed by atoms with E-state index >= 15 is 0 Å². The van der Waals surface area contributed by atoms with Crippen molar-refractivity contribution in [2.24, 2.45) is 5.92 Å². The molecule has 1 N–H and O–H groups in total. The van der Waals surface area contributed by atoms with E-state index in [0.29, 0.717) is 0 Å². The lowest BCUT2D eigenvalue weighted by Crippen LogP contribution is -2.37. The zero-order valence-corrected chi connectivity index (χ0v) is 10.6. The van der Waals surface area contributed by atoms with Crippen molar-refractivity contribution < 1.29 is 4.79 Å². The summed E-state index contributed by atoms with van der Waals surface area (Å²) in [5, 5.41) is 3.25. The molecule has 1 aromatic rings. The van der Waals surface area contributed by atoms with E-state index < -0.39 is 0 Å². The minimum atomic E-state index is 0.149. The second kappa shape index (κ2) is 5.32. The van der Waals surface area contributed by atoms with E-state index in [-0.39, 0.29) is 11.8 Å². The van der Waals surface area contributed by atoms with E-state index in [1.165, 1.54) is 5.56 Å². The summed E-state index contributed by atoms with van der Waals surface area (Å²) >= 11 is 0. The van der Waals surface area contributed by atoms with E-state index in [4.69, 9.17) is 0 Å². The van der Waals surface area contributed by atoms with Gasteiger partial charge in [0.2, 0.25) is 5.91 Å². The number of hydrogen-bond acceptors (Lipinski definition) is 2. The van der Waals surface area contributed by atoms with E-state index in [1.807, 2.05) is 24.0 Å². The maximum Gasteiger partial charge on any atom is 0.231 e. The Morgan fingerprint density at radius 3 is 2.65 bits per heavy atom. The maximum atomic E-state index is 12.3. The molecule has 1 aromatic carbocycles. The molecule has 1 saturated heterocycles. The van der Waals surface area contributed by atoms with Crippen molar-refractivity contribution >= 4 is 11.6 Å². The van der Waals surface area contributed by atoms with Crippen molar-refractivity contribution in [3.63, 3.8) is 0 Å². The number of rotatable bonds is 3. The Kier molecular flexibility index (Phi) is 3.79. The summed E-state index contributed by atoms with van der Waals surface area (Å²) in [6, 6.07) is 8.16. The summed E-state index contributed by atoms with van der Waals surface area (Å²) in [5.74, 6) is 0.401. The lowest BCUT2D eigenvalue weighted by Gasteiger charge is -2.24. The highest BCUT2D eigenvalue weighted by Crippen LogP contribution is 2.19. The summed E-state index contributed by atoms with van der Waals surface area (Å²) < 4.78 is 0. The third-order valence-corrected chi connectivity index (χ3v) is 3.34. The molecule has 92 valence electrons. The van der Waals surface area contributed by atoms with Crippen molar-refractivity contribution in [2.75, 3.05) is 24.5 Å². The molecule has 1 amide bonds. The van der Waals surface area contributed by atoms with Crippen LogP contribution in [0.5, 0.6) is 0 Å². The fourth-order valence-corrected chi connectivity index (χ4v) is 2.28. The fourth-order valence-electron chi connectivity index (χ4n) is 2.28. The number of benzene rings is 1. The van der Waals surface area contributed by atoms with Gasteiger partial charge in [-0.25, -0.2) is 0 Å². The van der Waals surface area contributed by atoms with Crippen LogP contribution in [-0.4, -0.2) is 25.5 Å². The van der Waals surface area contributed by atoms with Crippen molar-refractivity contribution in [1.82, 2.24) is 5.32 Å². The summed E-state index contributed by atoms with van der Waals surface area (Å²) in [6.07, 6.45) is 0.960. The highest BCUT2D eigenvalue weighted by molar-refractivity contribution is 5.95. The Bertz CT molecular complexity index is 380. The molecule has 17 heavy (non-hydrogen) atoms. The van der Waals surface area contributed by atoms with E-state index in [2.05, 4.69) is 24.4 Å². The van der Waals surface area contributed by atoms with Gasteiger partial charge in [-0.3, -0.25) is 4.79 Å². The molecule has 1 aliphatic heterocycles. The molecule has 3 heteroatoms. The first-order valence-electron chi connectivity index (χ1n) is 6.31. The second-order valence-corrected chi connectivity index (χ2v) is 4.61. The van der Waals surface area contributed by atoms with Gasteiger partial charge < -0.3 is 10.2 Å². The number of hydrogen-bond donors (Lipinski definition) is 1. The highest BCUT2D eigenvalue weighted by Gasteiger charge is 2.26. The third-order valence-electron chi connectivity index (χ3n) is 3.34. The second-order valence-electron chi connectivity index (χ2n) is 4.61. The molecular formula is C14H20N2O. The van der Waals surface area contributed by atoms with Gasteiger partial charge in [0.05, 0.1) is 5.92 Å². The van der Waals surface area contributed by atoms with Crippen LogP contribution in [0.1, 0.15) is 18.9 Å². The van der Waals surface area contributed by atoms with Gasteiger partial charge in [0.15, 0.2) is 0 Å². The van der Waals surface area contributed by atoms with Crippen LogP contribution >= 0.6 is 0 Å². The van der Waals surface area contributed by atoms with Gasteiger partial charge in [-0.2, -0.15) is 0 Å². The van der Waals surface area contributed by atoms with Crippen LogP contribution < -0.4 is 10.2 Å². The largest absolute Gasteiger partial charge is 0.316 e. The molecule has 0 bridgehead atoms. The molecule has 3 nitrogen and oxygen atoms in total. The zero-order chi connectivity index (χ0) is 12.3. The van der Waals surface area contributed by atoms with Gasteiger partial charge in [-0.05, 0) is 38.9 Å². The molecule has 0 spiro atoms. The van der Waals surface area contributed by atoms with Crippen LogP contribution in [0.2, 0.25) is 0 Å². The quantitative estimate of drug-likeness (QED) is 0.864. The van der Waals surface area contributed by atoms with Gasteiger partial charge in [-0.1, -0.05) is 17.7 Å². The molecular weight excluding hydrogens is 212 g/mol. The third kappa shape index (κ3) is 2.67. The molecule has 0 aromatic heterocycles. The Labute approximate surface area is 103 Å². The van der Waals surface area contributed by atoms with Gasteiger partial charge >= 0.3 is 0 Å². The normalized spacial score (nSPS) is 19.3. The molecule has 2 rings (SSSR count). The van der Waals surface area contributed by atoms with Crippen LogP contribution in [0.15, 0.2) is 24.3 Å². The first kappa shape index (κ1) is 12.1. The predicted molar refractivity (Wildman–Crippen MR) is 70.2 cm³/mol. The number of nitrogens with zero attached hydrogens (tertiary/aromatic N) is 1. The predicted octanol–water partition coefficient (Wildman–Crippen LogP) is 1.96. The van der Waals surface area contributed by atoms with Crippen LogP contribution in [-0.2, 0) is 4.79 Å². The minimum absolute atomic E-state index is 0.149. The molecule has 0 radical (unpaired) electrons. The average Bonchev–Trinajstić information content (AvgIpc) is 2.86. The van der Waals surface area contributed by atoms with Gasteiger partial charge in [0.1, 0.15) is 0 Å². The molecule has 1 aliphatic rings. The Hall–Kier alpha value is -1.35. The monoisotopic (exact) mass is 232 g/mol. The molecule has 1 atom stereocenters. The Morgan fingerprint density at radius 1 is 1.41 bits per heavy atom. The van der Waals surface area contributed by atoms with Gasteiger partial charge in [-0.15, -0.1) is 0 Å². The van der Waals surface area contributed by atoms with Crippen molar-refractivity contribution in [2.45, 2.75) is 20.3 Å². The standard InChI is InChI=1S/C14H20N2O/c1-3-16(13-6-4-11(2)5-7-13)14(17)12-8-9-15-10-12/h4-7,12,15H,3,8-10H2,1-2H3. The minimum Gasteiger partial charge on any atom is -0.316 e. The summed E-state index contributed by atoms with van der Waals surface area (Å²) in [4.78, 5) is 14.2. The lowest BCUT2D eigenvalue weighted by atomic mass is 10.1. The number of amides is 1. The smallest absolute Gasteiger partial charge is 0.231 e. The lowest BCUT2D eigenvalue weighted by molar-refractivity contribution is -0.121. The van der Waals surface area contributed by atoms with E-state index in [1.54, 1.807) is 0 Å². The first-order valence-corrected chi connectivity index (χ1v) is 6.31. The molecule has 1 fully saturated rings. The summed E-state index contributed by atoms with van der Waals surface area (Å²) in [5.41, 5.74) is 2.23. The van der Waals surface area contributed by atoms with E-state index in [0.717, 1.165) is 31.7 Å². The van der Waals surface area contributed by atoms with Gasteiger partial charge in [0, 0.05) is 18.8 Å². The van der Waals surface area contributed by atoms with Crippen molar-refractivity contribution in [3.8, 4) is 0 Å². The number of anilines is 1. The van der Waals surface area contributed by atoms with E-state index in [9.17, 15) is 4.79 Å². The number of nitrogens with one attached hydrogen (secondary N) is 1. The SMILES string of the molecule is CCN(C(=O)C1CCNC1)c1ccc(C)cc1. The van der Waals surface area contributed by atoms with Crippen LogP contribution in [0.3, 0.4) is 0 Å². The summed E-state index contributed by atoms with van der Waals surface area (Å²) in [6.45, 7) is 6.60. The Morgan fingerprint density at radius 2 is 2.12 bits per heavy atom. The van der Waals surface area contributed by atoms with Crippen LogP contribution in [0.4, 0.5) is 5.69 Å². The average molecular weight is 232 g/mol. The van der Waals surface area contributed by atoms with Crippen molar-refractivity contribution in [3.05, 3.63) is 29.8 Å². The zero-order valence-electron chi connectivity index (χ0n) is 10.6. The molecule has 0 saturated carbocycles. The summed E-state index contributed by atoms with van der Waals surface area (Å²) in [7, 11) is 0. The molecule has 0 aliphatic carbocycles. The topological polar surface area (TPSA) is 32.3 Å². The van der Waals surface area contributed by atoms with Gasteiger partial charge in [0.25, 0.3) is 0 Å². The fraction of sp³-hybridized carbons (Fsp3) is 0.500. The van der Waals surface area contributed by atoms with Crippen LogP contribution in [0.25, 0.3) is 0 Å². The van der Waals surface area contributed by atoms with Crippen LogP contribution in [0, 0.1) is 12.8 Å². The van der Waals surface area contributed by atoms with Crippen molar-refractivity contribution in [1.29, 1.82) is 0 Å². The highest BCUT2D eigenvalue weighted by atomic mass is 16.2. The Balaban J connectivity index is 2.14. The number of carbonyl (C=O) groups excluding carboxylic acids is 1. The molecule has 1 unspecified atom stereocenters. The maximum absolute atomic E-state index is 12.3.